The molecule has 0 unspecified atom stereocenters. The lowest BCUT2D eigenvalue weighted by molar-refractivity contribution is -0.132. The number of likely N-dealkylation sites (tertiary alicyclic amines) is 1. The fraction of sp³-hybridized carbons (Fsp3) is 0.382. The minimum atomic E-state index is -0.647. The molecule has 4 aromatic rings. The number of primary amides is 1. The Bertz CT molecular complexity index is 1410. The smallest absolute Gasteiger partial charge is 0.241 e. The maximum absolute atomic E-state index is 12.7. The number of aromatic nitrogens is 4. The summed E-state index contributed by atoms with van der Waals surface area (Å²) in [4.78, 5) is 29.2. The van der Waals surface area contributed by atoms with Gasteiger partial charge < -0.3 is 15.5 Å². The van der Waals surface area contributed by atoms with Gasteiger partial charge in [-0.2, -0.15) is 4.80 Å². The van der Waals surface area contributed by atoms with Crippen molar-refractivity contribution in [3.63, 3.8) is 0 Å². The Labute approximate surface area is 254 Å². The number of carbonyl (C=O) groups is 2. The third-order valence-corrected chi connectivity index (χ3v) is 8.29. The van der Waals surface area contributed by atoms with Gasteiger partial charge in [0.2, 0.25) is 11.8 Å². The molecule has 1 aliphatic rings. The number of tetrazole rings is 1. The molecule has 5 rings (SSSR count). The Morgan fingerprint density at radius 1 is 0.884 bits per heavy atom. The van der Waals surface area contributed by atoms with Crippen LogP contribution in [0.5, 0.6) is 0 Å². The van der Waals surface area contributed by atoms with Crippen molar-refractivity contribution in [2.75, 3.05) is 33.7 Å². The van der Waals surface area contributed by atoms with E-state index in [0.717, 1.165) is 50.0 Å². The largest absolute Gasteiger partial charge is 0.368 e. The second-order valence-electron chi connectivity index (χ2n) is 11.5. The summed E-state index contributed by atoms with van der Waals surface area (Å²) in [5, 5.41) is 12.8. The van der Waals surface area contributed by atoms with Crippen molar-refractivity contribution >= 4 is 11.8 Å². The van der Waals surface area contributed by atoms with Crippen LogP contribution < -0.4 is 5.73 Å². The molecule has 2 amide bonds. The molecular weight excluding hydrogens is 538 g/mol. The van der Waals surface area contributed by atoms with E-state index in [1.165, 1.54) is 10.4 Å². The molecule has 9 nitrogen and oxygen atoms in total. The first-order valence-electron chi connectivity index (χ1n) is 14.9. The molecule has 226 valence electrons. The fourth-order valence-electron chi connectivity index (χ4n) is 5.92. The molecule has 3 aromatic carbocycles. The predicted molar refractivity (Wildman–Crippen MR) is 168 cm³/mol. The van der Waals surface area contributed by atoms with Crippen molar-refractivity contribution < 1.29 is 9.59 Å². The molecule has 0 bridgehead atoms. The first-order valence-corrected chi connectivity index (χ1v) is 14.9. The zero-order chi connectivity index (χ0) is 30.9. The third-order valence-electron chi connectivity index (χ3n) is 8.29. The van der Waals surface area contributed by atoms with Crippen LogP contribution in [0.1, 0.15) is 55.6 Å². The summed E-state index contributed by atoms with van der Waals surface area (Å²) in [6, 6.07) is 30.2. The summed E-state index contributed by atoms with van der Waals surface area (Å²) in [7, 11) is 3.60. The zero-order valence-electron chi connectivity index (χ0n) is 25.7. The molecule has 9 heteroatoms. The van der Waals surface area contributed by atoms with E-state index in [-0.39, 0.29) is 17.9 Å². The van der Waals surface area contributed by atoms with Gasteiger partial charge in [0.05, 0.1) is 10.8 Å². The number of hydrogen-bond acceptors (Lipinski definition) is 6. The summed E-state index contributed by atoms with van der Waals surface area (Å²) < 4.78 is 0. The number of hydrogen-bond donors (Lipinski definition) is 1. The quantitative estimate of drug-likeness (QED) is 0.320. The molecule has 1 fully saturated rings. The first kappa shape index (κ1) is 31.6. The SMILES string of the molecule is CCCN1CCC(c2ccccc2)(c2nnn(CC(N)=O)n2)CC1.CN(C)C(=O)C(C)(c1ccccc1)c1ccccc1. The van der Waals surface area contributed by atoms with E-state index >= 15 is 0 Å². The summed E-state index contributed by atoms with van der Waals surface area (Å²) in [6.07, 6.45) is 3.05. The second-order valence-corrected chi connectivity index (χ2v) is 11.5. The Balaban J connectivity index is 0.000000203. The van der Waals surface area contributed by atoms with E-state index in [4.69, 9.17) is 5.73 Å². The number of amides is 2. The number of piperidine rings is 1. The van der Waals surface area contributed by atoms with Crippen LogP contribution in [0.15, 0.2) is 91.0 Å². The molecule has 0 spiro atoms. The first-order chi connectivity index (χ1) is 20.7. The number of rotatable bonds is 9. The molecule has 0 atom stereocenters. The fourth-order valence-corrected chi connectivity index (χ4v) is 5.92. The monoisotopic (exact) mass is 581 g/mol. The lowest BCUT2D eigenvalue weighted by atomic mass is 9.72. The van der Waals surface area contributed by atoms with Crippen LogP contribution >= 0.6 is 0 Å². The minimum absolute atomic E-state index is 0.0418. The average Bonchev–Trinajstić information content (AvgIpc) is 3.51. The predicted octanol–water partition coefficient (Wildman–Crippen LogP) is 4.03. The Kier molecular flexibility index (Phi) is 10.4. The van der Waals surface area contributed by atoms with Crippen LogP contribution in [0.25, 0.3) is 0 Å². The van der Waals surface area contributed by atoms with Gasteiger partial charge in [-0.1, -0.05) is 97.9 Å². The maximum atomic E-state index is 12.7. The van der Waals surface area contributed by atoms with E-state index in [1.807, 2.05) is 85.8 Å². The highest BCUT2D eigenvalue weighted by Gasteiger charge is 2.41. The van der Waals surface area contributed by atoms with Crippen molar-refractivity contribution in [2.24, 2.45) is 5.73 Å². The molecule has 43 heavy (non-hydrogen) atoms. The van der Waals surface area contributed by atoms with Gasteiger partial charge in [-0.05, 0) is 67.7 Å². The molecule has 0 aliphatic carbocycles. The lowest BCUT2D eigenvalue weighted by Crippen LogP contribution is -2.44. The van der Waals surface area contributed by atoms with Crippen molar-refractivity contribution in [1.29, 1.82) is 0 Å². The summed E-state index contributed by atoms with van der Waals surface area (Å²) in [5.74, 6) is 0.307. The Morgan fingerprint density at radius 2 is 1.40 bits per heavy atom. The van der Waals surface area contributed by atoms with E-state index in [9.17, 15) is 9.59 Å². The number of nitrogens with zero attached hydrogens (tertiary/aromatic N) is 6. The van der Waals surface area contributed by atoms with Gasteiger partial charge in [0.25, 0.3) is 0 Å². The molecule has 2 N–H and O–H groups in total. The van der Waals surface area contributed by atoms with Gasteiger partial charge in [0, 0.05) is 14.1 Å². The summed E-state index contributed by atoms with van der Waals surface area (Å²) in [6.45, 7) is 7.28. The number of nitrogens with two attached hydrogens (primary N) is 1. The molecule has 1 aromatic heterocycles. The Hall–Kier alpha value is -4.37. The van der Waals surface area contributed by atoms with E-state index in [0.29, 0.717) is 5.82 Å². The van der Waals surface area contributed by atoms with Gasteiger partial charge in [0.15, 0.2) is 5.82 Å². The topological polar surface area (TPSA) is 110 Å². The summed E-state index contributed by atoms with van der Waals surface area (Å²) >= 11 is 0. The highest BCUT2D eigenvalue weighted by atomic mass is 16.2. The van der Waals surface area contributed by atoms with Crippen molar-refractivity contribution in [2.45, 2.75) is 50.5 Å². The highest BCUT2D eigenvalue weighted by Crippen LogP contribution is 2.39. The van der Waals surface area contributed by atoms with Crippen LogP contribution in [0.4, 0.5) is 0 Å². The van der Waals surface area contributed by atoms with Crippen molar-refractivity contribution in [3.05, 3.63) is 114 Å². The average molecular weight is 582 g/mol. The van der Waals surface area contributed by atoms with Gasteiger partial charge in [-0.15, -0.1) is 10.2 Å². The number of benzene rings is 3. The Morgan fingerprint density at radius 3 is 1.86 bits per heavy atom. The highest BCUT2D eigenvalue weighted by molar-refractivity contribution is 5.91. The zero-order valence-corrected chi connectivity index (χ0v) is 25.7. The standard InChI is InChI=1S/C17H24N6O.C17H19NO/c1-2-10-22-11-8-17(9-12-22,14-6-4-3-5-7-14)16-19-21-23(20-16)13-15(18)24;1-17(16(19)18(2)3,14-10-6-4-7-11-14)15-12-8-5-9-13-15/h3-7H,2,8-13H2,1H3,(H2,18,24);4-13H,1-3H3. The maximum Gasteiger partial charge on any atom is 0.241 e. The lowest BCUT2D eigenvalue weighted by Gasteiger charge is -2.40. The molecule has 1 saturated heterocycles. The van der Waals surface area contributed by atoms with Crippen molar-refractivity contribution in [3.8, 4) is 0 Å². The number of carbonyl (C=O) groups excluding carboxylic acids is 2. The van der Waals surface area contributed by atoms with Gasteiger partial charge >= 0.3 is 0 Å². The van der Waals surface area contributed by atoms with E-state index in [2.05, 4.69) is 39.4 Å². The number of likely N-dealkylation sites (N-methyl/N-ethyl adjacent to an activating group) is 1. The normalized spacial score (nSPS) is 14.8. The van der Waals surface area contributed by atoms with Gasteiger partial charge in [-0.25, -0.2) is 0 Å². The molecule has 0 saturated carbocycles. The minimum Gasteiger partial charge on any atom is -0.368 e. The molecule has 1 aliphatic heterocycles. The molecular formula is C34H43N7O2. The molecule has 2 heterocycles. The molecule has 0 radical (unpaired) electrons. The van der Waals surface area contributed by atoms with Crippen LogP contribution in [0, 0.1) is 0 Å². The third kappa shape index (κ3) is 7.17. The van der Waals surface area contributed by atoms with E-state index < -0.39 is 11.3 Å². The van der Waals surface area contributed by atoms with E-state index in [1.54, 1.807) is 19.0 Å². The van der Waals surface area contributed by atoms with Gasteiger partial charge in [0.1, 0.15) is 6.54 Å². The van der Waals surface area contributed by atoms with Crippen LogP contribution in [0.3, 0.4) is 0 Å². The van der Waals surface area contributed by atoms with Crippen molar-refractivity contribution in [1.82, 2.24) is 30.0 Å². The van der Waals surface area contributed by atoms with Crippen LogP contribution in [0.2, 0.25) is 0 Å². The van der Waals surface area contributed by atoms with Crippen LogP contribution in [-0.4, -0.2) is 75.6 Å². The second kappa shape index (κ2) is 14.2. The van der Waals surface area contributed by atoms with Crippen LogP contribution in [-0.2, 0) is 27.0 Å². The summed E-state index contributed by atoms with van der Waals surface area (Å²) in [5.41, 5.74) is 7.57. The van der Waals surface area contributed by atoms with Gasteiger partial charge in [-0.3, -0.25) is 9.59 Å².